The van der Waals surface area contributed by atoms with Gasteiger partial charge in [0.05, 0.1) is 11.3 Å². The van der Waals surface area contributed by atoms with E-state index < -0.39 is 0 Å². The summed E-state index contributed by atoms with van der Waals surface area (Å²) in [6.45, 7) is 6.52. The topological polar surface area (TPSA) is 56.7 Å². The molecule has 21 heavy (non-hydrogen) atoms. The zero-order valence-electron chi connectivity index (χ0n) is 13.1. The molecule has 0 saturated carbocycles. The Morgan fingerprint density at radius 3 is 2.86 bits per heavy atom. The summed E-state index contributed by atoms with van der Waals surface area (Å²) in [5, 5.41) is 8.66. The van der Waals surface area contributed by atoms with Crippen LogP contribution in [0, 0.1) is 5.92 Å². The largest absolute Gasteiger partial charge is 0.334 e. The Morgan fingerprint density at radius 2 is 2.19 bits per heavy atom. The fourth-order valence-corrected chi connectivity index (χ4v) is 2.73. The third-order valence-electron chi connectivity index (χ3n) is 4.02. The molecule has 0 bridgehead atoms. The number of allylic oxidation sites excluding steroid dienone is 2. The van der Waals surface area contributed by atoms with Gasteiger partial charge in [-0.1, -0.05) is 32.0 Å². The Kier molecular flexibility index (Phi) is 3.66. The lowest BCUT2D eigenvalue weighted by Crippen LogP contribution is -2.01. The summed E-state index contributed by atoms with van der Waals surface area (Å²) < 4.78 is 7.28. The molecule has 0 spiro atoms. The minimum Gasteiger partial charge on any atom is -0.334 e. The van der Waals surface area contributed by atoms with E-state index in [0.717, 1.165) is 30.0 Å². The fourth-order valence-electron chi connectivity index (χ4n) is 2.73. The molecule has 112 valence electrons. The van der Waals surface area contributed by atoms with E-state index in [2.05, 4.69) is 42.1 Å². The molecule has 0 radical (unpaired) electrons. The second kappa shape index (κ2) is 5.47. The minimum absolute atomic E-state index is 0.331. The van der Waals surface area contributed by atoms with Gasteiger partial charge in [0.15, 0.2) is 0 Å². The highest BCUT2D eigenvalue weighted by molar-refractivity contribution is 5.63. The van der Waals surface area contributed by atoms with Crippen LogP contribution in [-0.4, -0.2) is 19.9 Å². The summed E-state index contributed by atoms with van der Waals surface area (Å²) in [7, 11) is 1.92. The molecule has 0 fully saturated rings. The van der Waals surface area contributed by atoms with Crippen molar-refractivity contribution in [2.24, 2.45) is 13.0 Å². The zero-order valence-corrected chi connectivity index (χ0v) is 13.1. The predicted molar refractivity (Wildman–Crippen MR) is 81.6 cm³/mol. The van der Waals surface area contributed by atoms with Gasteiger partial charge in [-0.3, -0.25) is 4.68 Å². The fraction of sp³-hybridized carbons (Fsp3) is 0.562. The second-order valence-electron chi connectivity index (χ2n) is 6.29. The van der Waals surface area contributed by atoms with Crippen LogP contribution in [0.5, 0.6) is 0 Å². The van der Waals surface area contributed by atoms with E-state index in [1.54, 1.807) is 0 Å². The molecule has 1 aliphatic rings. The van der Waals surface area contributed by atoms with Gasteiger partial charge in [0.25, 0.3) is 5.89 Å². The number of nitrogens with zero attached hydrogens (tertiary/aromatic N) is 4. The standard InChI is InChI=1S/C16H22N4O/c1-10(2)14-13(9-20(4)18-14)15-17-16(21-19-15)12-7-5-11(3)6-8-12/h7,9-11H,5-6,8H2,1-4H3. The van der Waals surface area contributed by atoms with E-state index in [9.17, 15) is 0 Å². The molecule has 5 nitrogen and oxygen atoms in total. The highest BCUT2D eigenvalue weighted by atomic mass is 16.5. The molecule has 0 aromatic carbocycles. The van der Waals surface area contributed by atoms with Gasteiger partial charge in [-0.15, -0.1) is 0 Å². The summed E-state index contributed by atoms with van der Waals surface area (Å²) in [4.78, 5) is 4.59. The van der Waals surface area contributed by atoms with Crippen molar-refractivity contribution in [1.82, 2.24) is 19.9 Å². The van der Waals surface area contributed by atoms with Crippen molar-refractivity contribution >= 4 is 5.57 Å². The molecule has 1 unspecified atom stereocenters. The maximum absolute atomic E-state index is 5.47. The van der Waals surface area contributed by atoms with Crippen molar-refractivity contribution in [2.45, 2.75) is 46.0 Å². The van der Waals surface area contributed by atoms with Crippen LogP contribution < -0.4 is 0 Å². The Balaban J connectivity index is 1.92. The van der Waals surface area contributed by atoms with Gasteiger partial charge in [-0.05, 0) is 31.1 Å². The molecule has 2 heterocycles. The highest BCUT2D eigenvalue weighted by Gasteiger charge is 2.21. The van der Waals surface area contributed by atoms with Gasteiger partial charge in [-0.2, -0.15) is 10.1 Å². The molecule has 5 heteroatoms. The first kappa shape index (κ1) is 14.0. The maximum atomic E-state index is 5.47. The number of aryl methyl sites for hydroxylation is 1. The zero-order chi connectivity index (χ0) is 15.0. The van der Waals surface area contributed by atoms with Gasteiger partial charge >= 0.3 is 0 Å². The van der Waals surface area contributed by atoms with Gasteiger partial charge in [0.2, 0.25) is 5.82 Å². The molecular weight excluding hydrogens is 264 g/mol. The molecular formula is C16H22N4O. The van der Waals surface area contributed by atoms with E-state index in [0.29, 0.717) is 17.6 Å². The average molecular weight is 286 g/mol. The quantitative estimate of drug-likeness (QED) is 0.861. The average Bonchev–Trinajstić information content (AvgIpc) is 3.06. The molecule has 0 aliphatic heterocycles. The van der Waals surface area contributed by atoms with Crippen LogP contribution in [0.3, 0.4) is 0 Å². The van der Waals surface area contributed by atoms with Crippen molar-refractivity contribution in [3.8, 4) is 11.4 Å². The minimum atomic E-state index is 0.331. The van der Waals surface area contributed by atoms with Crippen molar-refractivity contribution < 1.29 is 4.52 Å². The second-order valence-corrected chi connectivity index (χ2v) is 6.29. The van der Waals surface area contributed by atoms with Crippen LogP contribution in [0.1, 0.15) is 57.5 Å². The molecule has 1 aliphatic carbocycles. The number of hydrogen-bond donors (Lipinski definition) is 0. The van der Waals surface area contributed by atoms with E-state index >= 15 is 0 Å². The lowest BCUT2D eigenvalue weighted by molar-refractivity contribution is 0.402. The van der Waals surface area contributed by atoms with Crippen LogP contribution in [0.15, 0.2) is 16.8 Å². The van der Waals surface area contributed by atoms with Crippen molar-refractivity contribution in [1.29, 1.82) is 0 Å². The summed E-state index contributed by atoms with van der Waals surface area (Å²) >= 11 is 0. The van der Waals surface area contributed by atoms with Crippen LogP contribution in [0.2, 0.25) is 0 Å². The van der Waals surface area contributed by atoms with E-state index in [-0.39, 0.29) is 0 Å². The Labute approximate surface area is 125 Å². The molecule has 0 N–H and O–H groups in total. The normalized spacial score (nSPS) is 19.1. The van der Waals surface area contributed by atoms with Crippen molar-refractivity contribution in [3.05, 3.63) is 23.9 Å². The molecule has 0 amide bonds. The highest BCUT2D eigenvalue weighted by Crippen LogP contribution is 2.31. The molecule has 0 saturated heterocycles. The summed E-state index contributed by atoms with van der Waals surface area (Å²) in [6.07, 6.45) is 7.50. The van der Waals surface area contributed by atoms with Gasteiger partial charge < -0.3 is 4.52 Å². The van der Waals surface area contributed by atoms with Crippen molar-refractivity contribution in [2.75, 3.05) is 0 Å². The van der Waals surface area contributed by atoms with Crippen LogP contribution in [-0.2, 0) is 7.05 Å². The Bertz CT molecular complexity index is 666. The third-order valence-corrected chi connectivity index (χ3v) is 4.02. The van der Waals surface area contributed by atoms with E-state index in [1.165, 1.54) is 12.0 Å². The van der Waals surface area contributed by atoms with Gasteiger partial charge in [0.1, 0.15) is 0 Å². The molecule has 2 aromatic rings. The van der Waals surface area contributed by atoms with Gasteiger partial charge in [0, 0.05) is 18.8 Å². The molecule has 3 rings (SSSR count). The lowest BCUT2D eigenvalue weighted by Gasteiger charge is -2.15. The summed E-state index contributed by atoms with van der Waals surface area (Å²) in [5.74, 6) is 2.39. The van der Waals surface area contributed by atoms with Gasteiger partial charge in [-0.25, -0.2) is 0 Å². The first-order valence-corrected chi connectivity index (χ1v) is 7.61. The first-order valence-electron chi connectivity index (χ1n) is 7.61. The van der Waals surface area contributed by atoms with Crippen LogP contribution in [0.25, 0.3) is 17.0 Å². The van der Waals surface area contributed by atoms with E-state index in [1.807, 2.05) is 17.9 Å². The SMILES string of the molecule is CC1CC=C(c2nc(-c3cn(C)nc3C(C)C)no2)CC1. The molecule has 1 atom stereocenters. The van der Waals surface area contributed by atoms with Crippen LogP contribution >= 0.6 is 0 Å². The van der Waals surface area contributed by atoms with Crippen molar-refractivity contribution in [3.63, 3.8) is 0 Å². The summed E-state index contributed by atoms with van der Waals surface area (Å²) in [5.41, 5.74) is 3.16. The first-order chi connectivity index (χ1) is 10.0. The summed E-state index contributed by atoms with van der Waals surface area (Å²) in [6, 6.07) is 0. The number of hydrogen-bond acceptors (Lipinski definition) is 4. The smallest absolute Gasteiger partial charge is 0.253 e. The number of rotatable bonds is 3. The monoisotopic (exact) mass is 286 g/mol. The van der Waals surface area contributed by atoms with E-state index in [4.69, 9.17) is 4.52 Å². The lowest BCUT2D eigenvalue weighted by atomic mass is 9.91. The Hall–Kier alpha value is -1.91. The maximum Gasteiger partial charge on any atom is 0.253 e. The number of aromatic nitrogens is 4. The third kappa shape index (κ3) is 2.77. The Morgan fingerprint density at radius 1 is 1.38 bits per heavy atom. The van der Waals surface area contributed by atoms with Crippen LogP contribution in [0.4, 0.5) is 0 Å². The predicted octanol–water partition coefficient (Wildman–Crippen LogP) is 3.80. The molecule has 2 aromatic heterocycles.